The molecule has 0 bridgehead atoms. The van der Waals surface area contributed by atoms with Gasteiger partial charge in [0.05, 0.1) is 26.0 Å². The van der Waals surface area contributed by atoms with Gasteiger partial charge in [-0.05, 0) is 35.0 Å². The van der Waals surface area contributed by atoms with Crippen LogP contribution in [0.3, 0.4) is 0 Å². The van der Waals surface area contributed by atoms with Crippen molar-refractivity contribution in [3.8, 4) is 11.5 Å². The topological polar surface area (TPSA) is 86.2 Å². The van der Waals surface area contributed by atoms with Crippen LogP contribution in [0.5, 0.6) is 11.5 Å². The molecule has 0 spiro atoms. The van der Waals surface area contributed by atoms with Gasteiger partial charge in [0.25, 0.3) is 5.91 Å². The molecule has 0 saturated heterocycles. The lowest BCUT2D eigenvalue weighted by Gasteiger charge is -2.09. The van der Waals surface area contributed by atoms with Crippen LogP contribution >= 0.6 is 0 Å². The van der Waals surface area contributed by atoms with Crippen molar-refractivity contribution < 1.29 is 23.8 Å². The molecule has 3 aromatic carbocycles. The van der Waals surface area contributed by atoms with Crippen LogP contribution in [0.4, 0.5) is 0 Å². The van der Waals surface area contributed by atoms with E-state index in [1.807, 2.05) is 30.3 Å². The lowest BCUT2D eigenvalue weighted by molar-refractivity contribution is -0.142. The Morgan fingerprint density at radius 3 is 2.38 bits per heavy atom. The predicted octanol–water partition coefficient (Wildman–Crippen LogP) is 3.16. The van der Waals surface area contributed by atoms with Crippen molar-refractivity contribution in [2.45, 2.75) is 0 Å². The molecule has 0 saturated carbocycles. The number of carbonyl (C=O) groups excluding carboxylic acids is 2. The summed E-state index contributed by atoms with van der Waals surface area (Å²) in [5, 5.41) is 5.90. The van der Waals surface area contributed by atoms with E-state index in [-0.39, 0.29) is 6.61 Å². The summed E-state index contributed by atoms with van der Waals surface area (Å²) in [7, 11) is 2.80. The number of esters is 1. The first-order chi connectivity index (χ1) is 14.1. The second kappa shape index (κ2) is 9.36. The van der Waals surface area contributed by atoms with Crippen molar-refractivity contribution in [1.29, 1.82) is 0 Å². The number of hydrogen-bond acceptors (Lipinski definition) is 6. The summed E-state index contributed by atoms with van der Waals surface area (Å²) in [6, 6.07) is 18.3. The zero-order chi connectivity index (χ0) is 20.6. The summed E-state index contributed by atoms with van der Waals surface area (Å²) in [5.41, 5.74) is 3.47. The molecule has 0 heterocycles. The fourth-order valence-electron chi connectivity index (χ4n) is 2.70. The number of hydrazone groups is 1. The SMILES string of the molecule is COC(=O)COc1ccccc1C=NNC(=O)c1cc2ccccc2cc1OC. The number of benzene rings is 3. The fourth-order valence-corrected chi connectivity index (χ4v) is 2.70. The predicted molar refractivity (Wildman–Crippen MR) is 110 cm³/mol. The Bertz CT molecular complexity index is 1060. The monoisotopic (exact) mass is 392 g/mol. The van der Waals surface area contributed by atoms with E-state index in [0.717, 1.165) is 10.8 Å². The molecule has 0 atom stereocenters. The maximum atomic E-state index is 12.6. The largest absolute Gasteiger partial charge is 0.496 e. The van der Waals surface area contributed by atoms with Crippen molar-refractivity contribution in [2.24, 2.45) is 5.10 Å². The summed E-state index contributed by atoms with van der Waals surface area (Å²) in [6.45, 7) is -0.220. The maximum Gasteiger partial charge on any atom is 0.343 e. The molecular formula is C22H20N2O5. The van der Waals surface area contributed by atoms with Gasteiger partial charge < -0.3 is 14.2 Å². The van der Waals surface area contributed by atoms with E-state index in [0.29, 0.717) is 22.6 Å². The molecule has 29 heavy (non-hydrogen) atoms. The Labute approximate surface area is 167 Å². The second-order valence-electron chi connectivity index (χ2n) is 6.00. The van der Waals surface area contributed by atoms with Crippen LogP contribution in [-0.4, -0.2) is 38.9 Å². The minimum absolute atomic E-state index is 0.220. The molecule has 7 nitrogen and oxygen atoms in total. The van der Waals surface area contributed by atoms with E-state index in [1.165, 1.54) is 20.4 Å². The Morgan fingerprint density at radius 1 is 0.966 bits per heavy atom. The van der Waals surface area contributed by atoms with Gasteiger partial charge >= 0.3 is 5.97 Å². The van der Waals surface area contributed by atoms with Gasteiger partial charge in [-0.2, -0.15) is 5.10 Å². The van der Waals surface area contributed by atoms with E-state index in [4.69, 9.17) is 9.47 Å². The molecule has 148 valence electrons. The maximum absolute atomic E-state index is 12.6. The second-order valence-corrected chi connectivity index (χ2v) is 6.00. The number of para-hydroxylation sites is 1. The Kier molecular flexibility index (Phi) is 6.42. The molecular weight excluding hydrogens is 372 g/mol. The Morgan fingerprint density at radius 2 is 1.66 bits per heavy atom. The smallest absolute Gasteiger partial charge is 0.343 e. The van der Waals surface area contributed by atoms with Gasteiger partial charge in [-0.15, -0.1) is 0 Å². The third-order valence-corrected chi connectivity index (χ3v) is 4.17. The summed E-state index contributed by atoms with van der Waals surface area (Å²) >= 11 is 0. The number of hydrogen-bond donors (Lipinski definition) is 1. The van der Waals surface area contributed by atoms with Crippen LogP contribution in [0.1, 0.15) is 15.9 Å². The molecule has 0 aliphatic carbocycles. The highest BCUT2D eigenvalue weighted by Crippen LogP contribution is 2.26. The van der Waals surface area contributed by atoms with Gasteiger partial charge in [0, 0.05) is 5.56 Å². The van der Waals surface area contributed by atoms with E-state index < -0.39 is 11.9 Å². The van der Waals surface area contributed by atoms with Gasteiger partial charge in [0.15, 0.2) is 6.61 Å². The van der Waals surface area contributed by atoms with Gasteiger partial charge in [-0.1, -0.05) is 36.4 Å². The van der Waals surface area contributed by atoms with E-state index >= 15 is 0 Å². The summed E-state index contributed by atoms with van der Waals surface area (Å²) in [4.78, 5) is 23.9. The third kappa shape index (κ3) is 4.90. The van der Waals surface area contributed by atoms with Crippen molar-refractivity contribution in [3.63, 3.8) is 0 Å². The molecule has 0 fully saturated rings. The lowest BCUT2D eigenvalue weighted by Crippen LogP contribution is -2.18. The number of nitrogens with zero attached hydrogens (tertiary/aromatic N) is 1. The van der Waals surface area contributed by atoms with Crippen LogP contribution in [0.15, 0.2) is 65.8 Å². The molecule has 7 heteroatoms. The molecule has 0 aliphatic heterocycles. The highest BCUT2D eigenvalue weighted by atomic mass is 16.6. The molecule has 3 aromatic rings. The van der Waals surface area contributed by atoms with Crippen molar-refractivity contribution in [3.05, 3.63) is 71.8 Å². The Hall–Kier alpha value is -3.87. The summed E-state index contributed by atoms with van der Waals surface area (Å²) in [5.74, 6) is 0.00246. The number of rotatable bonds is 7. The van der Waals surface area contributed by atoms with Crippen LogP contribution in [-0.2, 0) is 9.53 Å². The van der Waals surface area contributed by atoms with Gasteiger partial charge in [-0.25, -0.2) is 10.2 Å². The van der Waals surface area contributed by atoms with Crippen molar-refractivity contribution in [2.75, 3.05) is 20.8 Å². The van der Waals surface area contributed by atoms with Crippen LogP contribution in [0.25, 0.3) is 10.8 Å². The standard InChI is InChI=1S/C22H20N2O5/c1-27-20-12-16-8-4-3-7-15(16)11-18(20)22(26)24-23-13-17-9-5-6-10-19(17)29-14-21(25)28-2/h3-13H,14H2,1-2H3,(H,24,26). The fraction of sp³-hybridized carbons (Fsp3) is 0.136. The zero-order valence-electron chi connectivity index (χ0n) is 16.0. The first-order valence-electron chi connectivity index (χ1n) is 8.81. The number of methoxy groups -OCH3 is 2. The normalized spacial score (nSPS) is 10.7. The molecule has 1 N–H and O–H groups in total. The van der Waals surface area contributed by atoms with E-state index in [1.54, 1.807) is 30.3 Å². The van der Waals surface area contributed by atoms with Crippen LogP contribution in [0.2, 0.25) is 0 Å². The minimum Gasteiger partial charge on any atom is -0.496 e. The average Bonchev–Trinajstić information content (AvgIpc) is 2.77. The molecule has 1 amide bonds. The molecule has 3 rings (SSSR count). The third-order valence-electron chi connectivity index (χ3n) is 4.17. The van der Waals surface area contributed by atoms with E-state index in [9.17, 15) is 9.59 Å². The highest BCUT2D eigenvalue weighted by molar-refractivity contribution is 6.02. The number of amides is 1. The van der Waals surface area contributed by atoms with Crippen molar-refractivity contribution >= 4 is 28.9 Å². The highest BCUT2D eigenvalue weighted by Gasteiger charge is 2.13. The van der Waals surface area contributed by atoms with Crippen molar-refractivity contribution in [1.82, 2.24) is 5.43 Å². The van der Waals surface area contributed by atoms with E-state index in [2.05, 4.69) is 15.3 Å². The number of fused-ring (bicyclic) bond motifs is 1. The number of ether oxygens (including phenoxy) is 3. The summed E-state index contributed by atoms with van der Waals surface area (Å²) in [6.07, 6.45) is 1.44. The molecule has 0 aliphatic rings. The number of nitrogens with one attached hydrogen (secondary N) is 1. The lowest BCUT2D eigenvalue weighted by atomic mass is 10.1. The number of carbonyl (C=O) groups is 2. The minimum atomic E-state index is -0.492. The van der Waals surface area contributed by atoms with Gasteiger partial charge in [0.1, 0.15) is 11.5 Å². The van der Waals surface area contributed by atoms with Crippen LogP contribution in [0, 0.1) is 0 Å². The first-order valence-corrected chi connectivity index (χ1v) is 8.81. The van der Waals surface area contributed by atoms with Crippen LogP contribution < -0.4 is 14.9 Å². The summed E-state index contributed by atoms with van der Waals surface area (Å²) < 4.78 is 15.3. The van der Waals surface area contributed by atoms with Gasteiger partial charge in [0.2, 0.25) is 0 Å². The average molecular weight is 392 g/mol. The molecule has 0 unspecified atom stereocenters. The first kappa shape index (κ1) is 19.9. The quantitative estimate of drug-likeness (QED) is 0.379. The van der Waals surface area contributed by atoms with Gasteiger partial charge in [-0.3, -0.25) is 4.79 Å². The Balaban J connectivity index is 1.75. The zero-order valence-corrected chi connectivity index (χ0v) is 16.0. The molecule has 0 aromatic heterocycles. The molecule has 0 radical (unpaired) electrons.